The van der Waals surface area contributed by atoms with Crippen LogP contribution in [0.4, 0.5) is 4.39 Å². The van der Waals surface area contributed by atoms with Crippen molar-refractivity contribution >= 4 is 5.91 Å². The number of nitrogens with zero attached hydrogens (tertiary/aromatic N) is 1. The Morgan fingerprint density at radius 3 is 2.48 bits per heavy atom. The lowest BCUT2D eigenvalue weighted by atomic mass is 10.1. The maximum absolute atomic E-state index is 13.3. The lowest BCUT2D eigenvalue weighted by molar-refractivity contribution is 0.0764. The number of alkyl halides is 1. The predicted molar refractivity (Wildman–Crippen MR) is 75.7 cm³/mol. The van der Waals surface area contributed by atoms with E-state index in [0.717, 1.165) is 17.1 Å². The molecule has 1 N–H and O–H groups in total. The lowest BCUT2D eigenvalue weighted by Gasteiger charge is -2.15. The quantitative estimate of drug-likeness (QED) is 0.923. The van der Waals surface area contributed by atoms with Gasteiger partial charge < -0.3 is 14.4 Å². The summed E-state index contributed by atoms with van der Waals surface area (Å²) in [7, 11) is 0. The van der Waals surface area contributed by atoms with Crippen LogP contribution in [0.3, 0.4) is 0 Å². The molecule has 0 unspecified atom stereocenters. The van der Waals surface area contributed by atoms with Gasteiger partial charge in [-0.3, -0.25) is 4.79 Å². The summed E-state index contributed by atoms with van der Waals surface area (Å²) >= 11 is 0. The average Bonchev–Trinajstić information content (AvgIpc) is 3.05. The van der Waals surface area contributed by atoms with E-state index in [1.54, 1.807) is 24.3 Å². The first-order valence-corrected chi connectivity index (χ1v) is 6.83. The second-order valence-electron chi connectivity index (χ2n) is 5.28. The standard InChI is InChI=1S/C16H16FNO3/c1-10-2-7-15(21-10)11-3-5-12(6-4-11)16(20)18-8-13(17)14(19)9-18/h2-7,13-14,19H,8-9H2,1H3/t13-,14-/m1/s1. The first-order chi connectivity index (χ1) is 10.0. The zero-order chi connectivity index (χ0) is 15.0. The topological polar surface area (TPSA) is 53.7 Å². The van der Waals surface area contributed by atoms with Crippen LogP contribution >= 0.6 is 0 Å². The van der Waals surface area contributed by atoms with Gasteiger partial charge in [0.25, 0.3) is 5.91 Å². The molecule has 1 aromatic heterocycles. The summed E-state index contributed by atoms with van der Waals surface area (Å²) < 4.78 is 18.8. The molecule has 2 heterocycles. The number of halogens is 1. The van der Waals surface area contributed by atoms with Gasteiger partial charge in [-0.1, -0.05) is 12.1 Å². The molecular formula is C16H16FNO3. The van der Waals surface area contributed by atoms with Crippen LogP contribution < -0.4 is 0 Å². The first-order valence-electron chi connectivity index (χ1n) is 6.83. The van der Waals surface area contributed by atoms with Crippen LogP contribution in [0.1, 0.15) is 16.1 Å². The number of carbonyl (C=O) groups excluding carboxylic acids is 1. The molecule has 1 amide bonds. The molecule has 1 aliphatic heterocycles. The number of carbonyl (C=O) groups is 1. The molecule has 110 valence electrons. The molecule has 1 fully saturated rings. The summed E-state index contributed by atoms with van der Waals surface area (Å²) in [6, 6.07) is 10.7. The van der Waals surface area contributed by atoms with Crippen molar-refractivity contribution in [3.05, 3.63) is 47.7 Å². The SMILES string of the molecule is Cc1ccc(-c2ccc(C(=O)N3C[C@@H](O)[C@H](F)C3)cc2)o1. The Morgan fingerprint density at radius 1 is 1.24 bits per heavy atom. The average molecular weight is 289 g/mol. The monoisotopic (exact) mass is 289 g/mol. The smallest absolute Gasteiger partial charge is 0.254 e. The van der Waals surface area contributed by atoms with E-state index in [0.29, 0.717) is 5.56 Å². The molecule has 1 aliphatic rings. The molecule has 5 heteroatoms. The zero-order valence-corrected chi connectivity index (χ0v) is 11.6. The second kappa shape index (κ2) is 5.33. The highest BCUT2D eigenvalue weighted by atomic mass is 19.1. The maximum Gasteiger partial charge on any atom is 0.254 e. The van der Waals surface area contributed by atoms with Crippen molar-refractivity contribution in [2.75, 3.05) is 13.1 Å². The third kappa shape index (κ3) is 2.69. The highest BCUT2D eigenvalue weighted by molar-refractivity contribution is 5.94. The molecule has 3 rings (SSSR count). The van der Waals surface area contributed by atoms with Gasteiger partial charge in [0.2, 0.25) is 0 Å². The molecule has 2 aromatic rings. The van der Waals surface area contributed by atoms with E-state index in [9.17, 15) is 14.3 Å². The minimum Gasteiger partial charge on any atom is -0.461 e. The Balaban J connectivity index is 1.76. The number of rotatable bonds is 2. The number of furan rings is 1. The van der Waals surface area contributed by atoms with Crippen LogP contribution in [-0.2, 0) is 0 Å². The molecular weight excluding hydrogens is 273 g/mol. The van der Waals surface area contributed by atoms with Crippen molar-refractivity contribution in [2.24, 2.45) is 0 Å². The molecule has 0 aliphatic carbocycles. The van der Waals surface area contributed by atoms with Gasteiger partial charge in [0.05, 0.1) is 6.54 Å². The Morgan fingerprint density at radius 2 is 1.95 bits per heavy atom. The number of likely N-dealkylation sites (tertiary alicyclic amines) is 1. The van der Waals surface area contributed by atoms with Crippen molar-refractivity contribution in [3.8, 4) is 11.3 Å². The van der Waals surface area contributed by atoms with Gasteiger partial charge in [-0.2, -0.15) is 0 Å². The van der Waals surface area contributed by atoms with Crippen LogP contribution in [0.2, 0.25) is 0 Å². The van der Waals surface area contributed by atoms with Gasteiger partial charge in [-0.25, -0.2) is 4.39 Å². The van der Waals surface area contributed by atoms with Crippen LogP contribution in [-0.4, -0.2) is 41.3 Å². The highest BCUT2D eigenvalue weighted by Crippen LogP contribution is 2.23. The Labute approximate surface area is 121 Å². The maximum atomic E-state index is 13.3. The fourth-order valence-corrected chi connectivity index (χ4v) is 2.46. The second-order valence-corrected chi connectivity index (χ2v) is 5.28. The Bertz CT molecular complexity index is 640. The van der Waals surface area contributed by atoms with Gasteiger partial charge in [0, 0.05) is 17.7 Å². The van der Waals surface area contributed by atoms with Gasteiger partial charge in [-0.15, -0.1) is 0 Å². The van der Waals surface area contributed by atoms with Crippen molar-refractivity contribution < 1.29 is 18.7 Å². The van der Waals surface area contributed by atoms with Crippen molar-refractivity contribution in [2.45, 2.75) is 19.2 Å². The number of β-amino-alcohol motifs (C(OH)–C–C–N with tert-alkyl or cyclic N) is 1. The first kappa shape index (κ1) is 13.8. The molecule has 0 saturated carbocycles. The molecule has 21 heavy (non-hydrogen) atoms. The summed E-state index contributed by atoms with van der Waals surface area (Å²) in [4.78, 5) is 13.5. The fraction of sp³-hybridized carbons (Fsp3) is 0.312. The van der Waals surface area contributed by atoms with E-state index >= 15 is 0 Å². The van der Waals surface area contributed by atoms with E-state index in [2.05, 4.69) is 0 Å². The van der Waals surface area contributed by atoms with E-state index < -0.39 is 12.3 Å². The Kier molecular flexibility index (Phi) is 3.51. The number of hydrogen-bond acceptors (Lipinski definition) is 3. The lowest BCUT2D eigenvalue weighted by Crippen LogP contribution is -2.29. The van der Waals surface area contributed by atoms with Gasteiger partial charge in [0.15, 0.2) is 0 Å². The summed E-state index contributed by atoms with van der Waals surface area (Å²) in [6.45, 7) is 1.85. The number of benzene rings is 1. The third-order valence-electron chi connectivity index (χ3n) is 3.66. The van der Waals surface area contributed by atoms with Crippen molar-refractivity contribution in [1.82, 2.24) is 4.90 Å². The molecule has 0 bridgehead atoms. The minimum absolute atomic E-state index is 0.0408. The van der Waals surface area contributed by atoms with Crippen LogP contribution in [0.25, 0.3) is 11.3 Å². The zero-order valence-electron chi connectivity index (χ0n) is 11.6. The van der Waals surface area contributed by atoms with Gasteiger partial charge >= 0.3 is 0 Å². The molecule has 0 spiro atoms. The highest BCUT2D eigenvalue weighted by Gasteiger charge is 2.34. The Hall–Kier alpha value is -2.14. The van der Waals surface area contributed by atoms with Crippen LogP contribution in [0.15, 0.2) is 40.8 Å². The van der Waals surface area contributed by atoms with Gasteiger partial charge in [0.1, 0.15) is 23.8 Å². The molecule has 4 nitrogen and oxygen atoms in total. The predicted octanol–water partition coefficient (Wildman–Crippen LogP) is 2.41. The van der Waals surface area contributed by atoms with E-state index in [1.807, 2.05) is 19.1 Å². The summed E-state index contributed by atoms with van der Waals surface area (Å²) in [6.07, 6.45) is -2.45. The third-order valence-corrected chi connectivity index (χ3v) is 3.66. The van der Waals surface area contributed by atoms with Crippen molar-refractivity contribution in [3.63, 3.8) is 0 Å². The molecule has 1 aromatic carbocycles. The largest absolute Gasteiger partial charge is 0.461 e. The number of hydrogen-bond donors (Lipinski definition) is 1. The van der Waals surface area contributed by atoms with E-state index in [1.165, 1.54) is 4.90 Å². The molecule has 0 radical (unpaired) electrons. The normalized spacial score (nSPS) is 21.8. The van der Waals surface area contributed by atoms with E-state index in [4.69, 9.17) is 4.42 Å². The summed E-state index contributed by atoms with van der Waals surface area (Å²) in [5, 5.41) is 9.38. The molecule has 2 atom stereocenters. The minimum atomic E-state index is -1.36. The van der Waals surface area contributed by atoms with Gasteiger partial charge in [-0.05, 0) is 31.2 Å². The van der Waals surface area contributed by atoms with E-state index in [-0.39, 0.29) is 19.0 Å². The summed E-state index contributed by atoms with van der Waals surface area (Å²) in [5.74, 6) is 1.30. The summed E-state index contributed by atoms with van der Waals surface area (Å²) in [5.41, 5.74) is 1.35. The number of amides is 1. The molecule has 1 saturated heterocycles. The number of aryl methyl sites for hydroxylation is 1. The van der Waals surface area contributed by atoms with Crippen LogP contribution in [0.5, 0.6) is 0 Å². The fourth-order valence-electron chi connectivity index (χ4n) is 2.46. The number of aliphatic hydroxyl groups excluding tert-OH is 1. The van der Waals surface area contributed by atoms with Crippen molar-refractivity contribution in [1.29, 1.82) is 0 Å². The number of aliphatic hydroxyl groups is 1. The van der Waals surface area contributed by atoms with Crippen LogP contribution in [0, 0.1) is 6.92 Å².